The van der Waals surface area contributed by atoms with Crippen LogP contribution >= 0.6 is 0 Å². The highest BCUT2D eigenvalue weighted by atomic mass is 16.7. The molecule has 7 atom stereocenters. The third-order valence-corrected chi connectivity index (χ3v) is 12.2. The Balaban J connectivity index is 2.18. The van der Waals surface area contributed by atoms with Crippen LogP contribution in [-0.4, -0.2) is 87.5 Å². The summed E-state index contributed by atoms with van der Waals surface area (Å²) in [4.78, 5) is 13.0. The van der Waals surface area contributed by atoms with Gasteiger partial charge < -0.3 is 40.3 Å². The molecule has 0 aromatic heterocycles. The van der Waals surface area contributed by atoms with E-state index in [4.69, 9.17) is 9.47 Å². The lowest BCUT2D eigenvalue weighted by atomic mass is 9.99. The molecule has 0 spiro atoms. The maximum absolute atomic E-state index is 13.0. The number of carbonyl (C=O) groups excluding carboxylic acids is 1. The molecule has 0 saturated carbocycles. The molecule has 1 amide bonds. The predicted molar refractivity (Wildman–Crippen MR) is 281 cm³/mol. The highest BCUT2D eigenvalue weighted by Crippen LogP contribution is 2.23. The summed E-state index contributed by atoms with van der Waals surface area (Å²) in [6.45, 7) is 3.69. The van der Waals surface area contributed by atoms with Gasteiger partial charge in [-0.05, 0) is 77.0 Å². The van der Waals surface area contributed by atoms with Gasteiger partial charge in [0.15, 0.2) is 6.29 Å². The summed E-state index contributed by atoms with van der Waals surface area (Å²) in [7, 11) is 0. The second kappa shape index (κ2) is 46.8. The van der Waals surface area contributed by atoms with Crippen LogP contribution in [0, 0.1) is 0 Å². The summed E-state index contributed by atoms with van der Waals surface area (Å²) in [5.74, 6) is -0.159. The van der Waals surface area contributed by atoms with Gasteiger partial charge in [0.2, 0.25) is 5.91 Å². The van der Waals surface area contributed by atoms with Crippen LogP contribution in [0.4, 0.5) is 0 Å². The van der Waals surface area contributed by atoms with E-state index < -0.39 is 49.5 Å². The summed E-state index contributed by atoms with van der Waals surface area (Å²) >= 11 is 0. The van der Waals surface area contributed by atoms with Crippen molar-refractivity contribution in [2.45, 2.75) is 249 Å². The highest BCUT2D eigenvalue weighted by molar-refractivity contribution is 5.76. The summed E-state index contributed by atoms with van der Waals surface area (Å²) in [5.41, 5.74) is 0. The van der Waals surface area contributed by atoms with E-state index in [-0.39, 0.29) is 12.5 Å². The van der Waals surface area contributed by atoms with Gasteiger partial charge >= 0.3 is 0 Å². The van der Waals surface area contributed by atoms with Crippen LogP contribution in [0.25, 0.3) is 0 Å². The van der Waals surface area contributed by atoms with Crippen LogP contribution in [0.15, 0.2) is 97.2 Å². The Morgan fingerprint density at radius 2 is 0.925 bits per heavy atom. The van der Waals surface area contributed by atoms with Crippen molar-refractivity contribution in [3.63, 3.8) is 0 Å². The minimum Gasteiger partial charge on any atom is -0.394 e. The Labute approximate surface area is 409 Å². The molecule has 7 unspecified atom stereocenters. The second-order valence-corrected chi connectivity index (χ2v) is 18.3. The number of unbranched alkanes of at least 4 members (excludes halogenated alkanes) is 18. The number of hydrogen-bond acceptors (Lipinski definition) is 8. The van der Waals surface area contributed by atoms with E-state index in [0.29, 0.717) is 12.8 Å². The number of hydrogen-bond donors (Lipinski definition) is 6. The average molecular weight is 938 g/mol. The zero-order valence-electron chi connectivity index (χ0n) is 42.4. The molecule has 1 fully saturated rings. The van der Waals surface area contributed by atoms with Gasteiger partial charge in [0.05, 0.1) is 25.4 Å². The third-order valence-electron chi connectivity index (χ3n) is 12.2. The fraction of sp³-hybridized carbons (Fsp3) is 0.707. The Hall–Kier alpha value is -2.89. The molecule has 0 aromatic carbocycles. The number of carbonyl (C=O) groups is 1. The van der Waals surface area contributed by atoms with E-state index >= 15 is 0 Å². The molecular weight excluding hydrogens is 839 g/mol. The fourth-order valence-corrected chi connectivity index (χ4v) is 7.94. The van der Waals surface area contributed by atoms with Crippen LogP contribution < -0.4 is 5.32 Å². The molecule has 0 radical (unpaired) electrons. The Morgan fingerprint density at radius 1 is 0.522 bits per heavy atom. The number of allylic oxidation sites excluding steroid dienone is 16. The van der Waals surface area contributed by atoms with Crippen LogP contribution in [-0.2, 0) is 14.3 Å². The number of aliphatic hydroxyl groups is 5. The molecule has 1 rings (SSSR count). The smallest absolute Gasteiger partial charge is 0.220 e. The summed E-state index contributed by atoms with van der Waals surface area (Å²) in [6.07, 6.45) is 60.0. The largest absolute Gasteiger partial charge is 0.394 e. The van der Waals surface area contributed by atoms with Gasteiger partial charge in [-0.3, -0.25) is 4.79 Å². The van der Waals surface area contributed by atoms with Crippen molar-refractivity contribution in [1.82, 2.24) is 5.32 Å². The molecule has 0 aliphatic carbocycles. The number of amides is 1. The van der Waals surface area contributed by atoms with Crippen molar-refractivity contribution in [3.8, 4) is 0 Å². The zero-order chi connectivity index (χ0) is 48.7. The van der Waals surface area contributed by atoms with Crippen LogP contribution in [0.3, 0.4) is 0 Å². The maximum Gasteiger partial charge on any atom is 0.220 e. The molecule has 0 aromatic rings. The lowest BCUT2D eigenvalue weighted by Gasteiger charge is -2.40. The lowest BCUT2D eigenvalue weighted by Crippen LogP contribution is -2.60. The molecule has 1 aliphatic rings. The zero-order valence-corrected chi connectivity index (χ0v) is 42.4. The number of aliphatic hydroxyl groups excluding tert-OH is 5. The quantitative estimate of drug-likeness (QED) is 0.0261. The van der Waals surface area contributed by atoms with E-state index in [0.717, 1.165) is 103 Å². The Morgan fingerprint density at radius 3 is 1.37 bits per heavy atom. The standard InChI is InChI=1S/C58H99NO8/c1-3-5-7-9-11-13-15-16-17-18-19-20-21-22-23-24-25-26-27-28-29-30-31-32-33-34-35-36-38-40-42-44-46-48-54(62)59-51(50-66-58-57(65)56(64)55(63)53(49-60)67-58)52(61)47-45-43-41-39-37-14-12-10-8-6-4-2/h5,7,11,13,16-17,19-20,22-23,25-26,28-29,31-32,51-53,55-58,60-61,63-65H,3-4,6,8-10,12,14-15,18,21,24,27,30,33-50H2,1-2H3,(H,59,62)/b7-5-,13-11-,17-16-,20-19-,23-22-,26-25-,29-28-,32-31-. The van der Waals surface area contributed by atoms with Crippen LogP contribution in [0.5, 0.6) is 0 Å². The van der Waals surface area contributed by atoms with Gasteiger partial charge in [-0.25, -0.2) is 0 Å². The molecule has 6 N–H and O–H groups in total. The Kier molecular flexibility index (Phi) is 43.4. The third kappa shape index (κ3) is 36.7. The van der Waals surface area contributed by atoms with Gasteiger partial charge in [0, 0.05) is 6.42 Å². The molecule has 67 heavy (non-hydrogen) atoms. The molecule has 1 aliphatic heterocycles. The molecule has 384 valence electrons. The van der Waals surface area contributed by atoms with E-state index in [1.54, 1.807) is 0 Å². The van der Waals surface area contributed by atoms with Gasteiger partial charge in [-0.1, -0.05) is 220 Å². The molecule has 0 bridgehead atoms. The fourth-order valence-electron chi connectivity index (χ4n) is 7.94. The number of ether oxygens (including phenoxy) is 2. The van der Waals surface area contributed by atoms with E-state index in [2.05, 4.69) is 116 Å². The highest BCUT2D eigenvalue weighted by Gasteiger charge is 2.44. The van der Waals surface area contributed by atoms with Crippen molar-refractivity contribution in [2.24, 2.45) is 0 Å². The summed E-state index contributed by atoms with van der Waals surface area (Å²) in [6, 6.07) is -0.728. The first-order valence-electron chi connectivity index (χ1n) is 26.9. The van der Waals surface area contributed by atoms with Gasteiger partial charge in [-0.15, -0.1) is 0 Å². The van der Waals surface area contributed by atoms with Crippen molar-refractivity contribution in [3.05, 3.63) is 97.2 Å². The monoisotopic (exact) mass is 938 g/mol. The Bertz CT molecular complexity index is 1370. The van der Waals surface area contributed by atoms with E-state index in [1.165, 1.54) is 77.0 Å². The van der Waals surface area contributed by atoms with E-state index in [1.807, 2.05) is 0 Å². The molecule has 9 nitrogen and oxygen atoms in total. The maximum atomic E-state index is 13.0. The summed E-state index contributed by atoms with van der Waals surface area (Å²) < 4.78 is 11.3. The van der Waals surface area contributed by atoms with Gasteiger partial charge in [0.1, 0.15) is 24.4 Å². The SMILES string of the molecule is CC/C=C\C/C=C\C/C=C\C/C=C\C/C=C\C/C=C\C/C=C\C/C=C\CCCCCCCCCCC(=O)NC(COC1OC(CO)C(O)C(O)C1O)C(O)CCCCCCCCCCCCC. The van der Waals surface area contributed by atoms with Crippen LogP contribution in [0.1, 0.15) is 206 Å². The predicted octanol–water partition coefficient (Wildman–Crippen LogP) is 12.8. The second-order valence-electron chi connectivity index (χ2n) is 18.3. The van der Waals surface area contributed by atoms with Gasteiger partial charge in [0.25, 0.3) is 0 Å². The topological polar surface area (TPSA) is 149 Å². The lowest BCUT2D eigenvalue weighted by molar-refractivity contribution is -0.302. The first-order valence-corrected chi connectivity index (χ1v) is 26.9. The van der Waals surface area contributed by atoms with E-state index in [9.17, 15) is 30.3 Å². The molecule has 9 heteroatoms. The first kappa shape index (κ1) is 62.1. The summed E-state index contributed by atoms with van der Waals surface area (Å²) in [5, 5.41) is 54.4. The van der Waals surface area contributed by atoms with Crippen molar-refractivity contribution < 1.29 is 39.8 Å². The average Bonchev–Trinajstić information content (AvgIpc) is 3.33. The molecule has 1 saturated heterocycles. The minimum atomic E-state index is -1.56. The number of nitrogens with one attached hydrogen (secondary N) is 1. The van der Waals surface area contributed by atoms with Crippen molar-refractivity contribution >= 4 is 5.91 Å². The van der Waals surface area contributed by atoms with Gasteiger partial charge in [-0.2, -0.15) is 0 Å². The molecule has 1 heterocycles. The van der Waals surface area contributed by atoms with Crippen LogP contribution in [0.2, 0.25) is 0 Å². The molecular formula is C58H99NO8. The van der Waals surface area contributed by atoms with Crippen molar-refractivity contribution in [1.29, 1.82) is 0 Å². The number of rotatable bonds is 44. The van der Waals surface area contributed by atoms with Crippen molar-refractivity contribution in [2.75, 3.05) is 13.2 Å². The first-order chi connectivity index (χ1) is 32.8. The normalized spacial score (nSPS) is 20.5. The minimum absolute atomic E-state index is 0.147.